The highest BCUT2D eigenvalue weighted by atomic mass is 16.2. The lowest BCUT2D eigenvalue weighted by Gasteiger charge is -2.19. The number of carbonyl (C=O) groups is 1. The van der Waals surface area contributed by atoms with E-state index in [0.717, 1.165) is 24.2 Å². The van der Waals surface area contributed by atoms with E-state index in [1.54, 1.807) is 0 Å². The minimum absolute atomic E-state index is 0.166. The highest BCUT2D eigenvalue weighted by Crippen LogP contribution is 2.30. The smallest absolute Gasteiger partial charge is 0.254 e. The van der Waals surface area contributed by atoms with Crippen LogP contribution in [-0.4, -0.2) is 17.4 Å². The number of benzene rings is 1. The molecule has 0 atom stereocenters. The lowest BCUT2D eigenvalue weighted by Crippen LogP contribution is -2.28. The molecular formula is C14H18N2O. The van der Waals surface area contributed by atoms with Gasteiger partial charge in [-0.05, 0) is 36.5 Å². The quantitative estimate of drug-likeness (QED) is 0.793. The molecule has 0 bridgehead atoms. The molecule has 1 aliphatic carbocycles. The van der Waals surface area contributed by atoms with E-state index in [4.69, 9.17) is 5.73 Å². The molecule has 0 spiro atoms. The number of hydrogen-bond acceptors (Lipinski definition) is 2. The summed E-state index contributed by atoms with van der Waals surface area (Å²) in [6.45, 7) is 1.69. The Morgan fingerprint density at radius 1 is 1.29 bits per heavy atom. The predicted octanol–water partition coefficient (Wildman–Crippen LogP) is 2.41. The van der Waals surface area contributed by atoms with Gasteiger partial charge in [-0.15, -0.1) is 0 Å². The second kappa shape index (κ2) is 4.06. The maximum absolute atomic E-state index is 12.2. The summed E-state index contributed by atoms with van der Waals surface area (Å²) < 4.78 is 0. The fourth-order valence-electron chi connectivity index (χ4n) is 3.03. The van der Waals surface area contributed by atoms with Crippen molar-refractivity contribution in [2.45, 2.75) is 32.2 Å². The Labute approximate surface area is 102 Å². The molecule has 1 aromatic carbocycles. The van der Waals surface area contributed by atoms with Gasteiger partial charge in [-0.2, -0.15) is 0 Å². The zero-order valence-electron chi connectivity index (χ0n) is 9.98. The summed E-state index contributed by atoms with van der Waals surface area (Å²) in [5.41, 5.74) is 8.35. The van der Waals surface area contributed by atoms with Crippen molar-refractivity contribution in [3.63, 3.8) is 0 Å². The lowest BCUT2D eigenvalue weighted by atomic mass is 10.1. The Morgan fingerprint density at radius 2 is 2.06 bits per heavy atom. The summed E-state index contributed by atoms with van der Waals surface area (Å²) in [6.07, 6.45) is 5.21. The molecule has 3 heteroatoms. The number of amides is 1. The van der Waals surface area contributed by atoms with Crippen LogP contribution in [-0.2, 0) is 6.54 Å². The van der Waals surface area contributed by atoms with Gasteiger partial charge < -0.3 is 10.6 Å². The second-order valence-electron chi connectivity index (χ2n) is 5.25. The average Bonchev–Trinajstić information content (AvgIpc) is 2.91. The van der Waals surface area contributed by atoms with Crippen LogP contribution in [0.3, 0.4) is 0 Å². The molecule has 17 heavy (non-hydrogen) atoms. The first-order chi connectivity index (χ1) is 8.24. The number of nitrogens with two attached hydrogens (primary N) is 1. The van der Waals surface area contributed by atoms with E-state index in [9.17, 15) is 4.79 Å². The second-order valence-corrected chi connectivity index (χ2v) is 5.25. The number of fused-ring (bicyclic) bond motifs is 1. The van der Waals surface area contributed by atoms with Crippen molar-refractivity contribution in [2.24, 2.45) is 5.92 Å². The number of rotatable bonds is 2. The van der Waals surface area contributed by atoms with Gasteiger partial charge in [0.25, 0.3) is 5.91 Å². The van der Waals surface area contributed by atoms with Crippen LogP contribution in [0.4, 0.5) is 5.69 Å². The first kappa shape index (κ1) is 10.6. The van der Waals surface area contributed by atoms with Crippen LogP contribution >= 0.6 is 0 Å². The number of anilines is 1. The Kier molecular flexibility index (Phi) is 2.54. The Hall–Kier alpha value is -1.51. The summed E-state index contributed by atoms with van der Waals surface area (Å²) in [7, 11) is 0. The van der Waals surface area contributed by atoms with Crippen molar-refractivity contribution >= 4 is 11.6 Å². The van der Waals surface area contributed by atoms with E-state index in [-0.39, 0.29) is 5.91 Å². The van der Waals surface area contributed by atoms with Gasteiger partial charge in [-0.25, -0.2) is 0 Å². The molecule has 1 heterocycles. The van der Waals surface area contributed by atoms with Gasteiger partial charge in [0.1, 0.15) is 0 Å². The summed E-state index contributed by atoms with van der Waals surface area (Å²) in [5, 5.41) is 0. The topological polar surface area (TPSA) is 46.3 Å². The molecule has 0 unspecified atom stereocenters. The maximum Gasteiger partial charge on any atom is 0.254 e. The van der Waals surface area contributed by atoms with Gasteiger partial charge in [0.15, 0.2) is 0 Å². The molecular weight excluding hydrogens is 212 g/mol. The predicted molar refractivity (Wildman–Crippen MR) is 67.6 cm³/mol. The molecule has 90 valence electrons. The van der Waals surface area contributed by atoms with E-state index >= 15 is 0 Å². The Morgan fingerprint density at radius 3 is 2.82 bits per heavy atom. The fraction of sp³-hybridized carbons (Fsp3) is 0.500. The highest BCUT2D eigenvalue weighted by Gasteiger charge is 2.29. The van der Waals surface area contributed by atoms with E-state index in [0.29, 0.717) is 11.6 Å². The van der Waals surface area contributed by atoms with Crippen LogP contribution in [0.5, 0.6) is 0 Å². The molecule has 0 saturated heterocycles. The molecule has 0 radical (unpaired) electrons. The number of nitrogens with zero attached hydrogens (tertiary/aromatic N) is 1. The molecule has 1 amide bonds. The van der Waals surface area contributed by atoms with Crippen LogP contribution in [0.1, 0.15) is 41.6 Å². The average molecular weight is 230 g/mol. The Bertz CT molecular complexity index is 450. The lowest BCUT2D eigenvalue weighted by molar-refractivity contribution is 0.0753. The summed E-state index contributed by atoms with van der Waals surface area (Å²) in [5.74, 6) is 0.879. The van der Waals surface area contributed by atoms with Gasteiger partial charge >= 0.3 is 0 Å². The molecule has 2 N–H and O–H groups in total. The van der Waals surface area contributed by atoms with Gasteiger partial charge in [0, 0.05) is 24.3 Å². The molecule has 1 aromatic rings. The molecule has 1 saturated carbocycles. The monoisotopic (exact) mass is 230 g/mol. The van der Waals surface area contributed by atoms with E-state index in [1.807, 2.05) is 23.1 Å². The molecule has 1 fully saturated rings. The minimum Gasteiger partial charge on any atom is -0.399 e. The summed E-state index contributed by atoms with van der Waals surface area (Å²) in [6, 6.07) is 5.68. The normalized spacial score (nSPS) is 20.0. The fourth-order valence-corrected chi connectivity index (χ4v) is 3.03. The summed E-state index contributed by atoms with van der Waals surface area (Å²) in [4.78, 5) is 14.2. The number of hydrogen-bond donors (Lipinski definition) is 1. The molecule has 3 nitrogen and oxygen atoms in total. The molecule has 2 aliphatic rings. The third-order valence-corrected chi connectivity index (χ3v) is 3.97. The van der Waals surface area contributed by atoms with E-state index in [1.165, 1.54) is 25.7 Å². The zero-order valence-corrected chi connectivity index (χ0v) is 9.98. The van der Waals surface area contributed by atoms with Crippen LogP contribution in [0.2, 0.25) is 0 Å². The van der Waals surface area contributed by atoms with Crippen LogP contribution in [0.15, 0.2) is 18.2 Å². The minimum atomic E-state index is 0.166. The first-order valence-electron chi connectivity index (χ1n) is 6.42. The third-order valence-electron chi connectivity index (χ3n) is 3.97. The van der Waals surface area contributed by atoms with Gasteiger partial charge in [-0.1, -0.05) is 18.9 Å². The number of nitrogen functional groups attached to an aromatic ring is 1. The summed E-state index contributed by atoms with van der Waals surface area (Å²) >= 11 is 0. The van der Waals surface area contributed by atoms with Crippen molar-refractivity contribution in [1.29, 1.82) is 0 Å². The standard InChI is InChI=1S/C14H18N2O/c15-12-6-5-11-9-16(14(17)13(11)7-12)8-10-3-1-2-4-10/h5-7,10H,1-4,8-9,15H2. The maximum atomic E-state index is 12.2. The van der Waals surface area contributed by atoms with E-state index in [2.05, 4.69) is 0 Å². The van der Waals surface area contributed by atoms with Crippen LogP contribution in [0.25, 0.3) is 0 Å². The van der Waals surface area contributed by atoms with Crippen molar-refractivity contribution in [2.75, 3.05) is 12.3 Å². The first-order valence-corrected chi connectivity index (χ1v) is 6.42. The SMILES string of the molecule is Nc1ccc2c(c1)C(=O)N(CC1CCCC1)C2. The van der Waals surface area contributed by atoms with Crippen molar-refractivity contribution < 1.29 is 4.79 Å². The van der Waals surface area contributed by atoms with E-state index < -0.39 is 0 Å². The van der Waals surface area contributed by atoms with Gasteiger partial charge in [-0.3, -0.25) is 4.79 Å². The van der Waals surface area contributed by atoms with Crippen molar-refractivity contribution in [1.82, 2.24) is 4.90 Å². The van der Waals surface area contributed by atoms with Gasteiger partial charge in [0.05, 0.1) is 0 Å². The zero-order chi connectivity index (χ0) is 11.8. The third kappa shape index (κ3) is 1.90. The molecule has 3 rings (SSSR count). The van der Waals surface area contributed by atoms with Crippen LogP contribution in [0, 0.1) is 5.92 Å². The Balaban J connectivity index is 1.76. The molecule has 1 aliphatic heterocycles. The number of carbonyl (C=O) groups excluding carboxylic acids is 1. The van der Waals surface area contributed by atoms with Crippen molar-refractivity contribution in [3.05, 3.63) is 29.3 Å². The van der Waals surface area contributed by atoms with Crippen LogP contribution < -0.4 is 5.73 Å². The van der Waals surface area contributed by atoms with Gasteiger partial charge in [0.2, 0.25) is 0 Å². The highest BCUT2D eigenvalue weighted by molar-refractivity contribution is 5.99. The molecule has 0 aromatic heterocycles. The largest absolute Gasteiger partial charge is 0.399 e. The van der Waals surface area contributed by atoms with Crippen molar-refractivity contribution in [3.8, 4) is 0 Å².